The maximum absolute atomic E-state index is 3.70. The number of hydrogen-bond acceptors (Lipinski definition) is 3. The van der Waals surface area contributed by atoms with Gasteiger partial charge in [0.25, 0.3) is 0 Å². The number of nitrogens with zero attached hydrogens (tertiary/aromatic N) is 1. The molecular weight excluding hydrogens is 252 g/mol. The Hall–Kier alpha value is -0.900. The Morgan fingerprint density at radius 1 is 1.26 bits per heavy atom. The van der Waals surface area contributed by atoms with Gasteiger partial charge in [0.15, 0.2) is 0 Å². The molecule has 1 aromatic heterocycles. The molecular formula is C16H24N2S. The Kier molecular flexibility index (Phi) is 5.37. The molecule has 2 nitrogen and oxygen atoms in total. The lowest BCUT2D eigenvalue weighted by atomic mass is 10.0. The van der Waals surface area contributed by atoms with Crippen LogP contribution in [0.2, 0.25) is 0 Å². The summed E-state index contributed by atoms with van der Waals surface area (Å²) in [5.41, 5.74) is 1.46. The average molecular weight is 276 g/mol. The lowest BCUT2D eigenvalue weighted by Gasteiger charge is -2.21. The van der Waals surface area contributed by atoms with Gasteiger partial charge in [0.2, 0.25) is 0 Å². The van der Waals surface area contributed by atoms with Gasteiger partial charge in [0, 0.05) is 10.7 Å². The fourth-order valence-electron chi connectivity index (χ4n) is 2.36. The zero-order valence-corrected chi connectivity index (χ0v) is 13.0. The Labute approximate surface area is 120 Å². The maximum atomic E-state index is 3.70. The molecule has 0 spiro atoms. The van der Waals surface area contributed by atoms with E-state index in [1.165, 1.54) is 22.1 Å². The predicted molar refractivity (Wildman–Crippen MR) is 86.0 cm³/mol. The Balaban J connectivity index is 2.22. The van der Waals surface area contributed by atoms with Gasteiger partial charge >= 0.3 is 0 Å². The SMILES string of the molecule is CCCNC(CCN(C)C)c1cccc2ccsc12. The fourth-order valence-corrected chi connectivity index (χ4v) is 3.33. The molecule has 0 fully saturated rings. The van der Waals surface area contributed by atoms with Crippen LogP contribution in [0.4, 0.5) is 0 Å². The van der Waals surface area contributed by atoms with Crippen molar-refractivity contribution in [2.75, 3.05) is 27.2 Å². The quantitative estimate of drug-likeness (QED) is 0.825. The Morgan fingerprint density at radius 2 is 2.11 bits per heavy atom. The number of benzene rings is 1. The van der Waals surface area contributed by atoms with Crippen LogP contribution in [-0.2, 0) is 0 Å². The predicted octanol–water partition coefficient (Wildman–Crippen LogP) is 3.89. The molecule has 1 N–H and O–H groups in total. The van der Waals surface area contributed by atoms with Gasteiger partial charge in [-0.1, -0.05) is 25.1 Å². The number of hydrogen-bond donors (Lipinski definition) is 1. The third kappa shape index (κ3) is 3.78. The molecule has 0 saturated heterocycles. The summed E-state index contributed by atoms with van der Waals surface area (Å²) in [7, 11) is 4.28. The second-order valence-corrected chi connectivity index (χ2v) is 6.20. The summed E-state index contributed by atoms with van der Waals surface area (Å²) in [6, 6.07) is 9.34. The number of fused-ring (bicyclic) bond motifs is 1. The van der Waals surface area contributed by atoms with Crippen molar-refractivity contribution in [3.8, 4) is 0 Å². The number of nitrogens with one attached hydrogen (secondary N) is 1. The van der Waals surface area contributed by atoms with Crippen molar-refractivity contribution >= 4 is 21.4 Å². The summed E-state index contributed by atoms with van der Waals surface area (Å²) in [5.74, 6) is 0. The van der Waals surface area contributed by atoms with E-state index in [4.69, 9.17) is 0 Å². The topological polar surface area (TPSA) is 15.3 Å². The van der Waals surface area contributed by atoms with Gasteiger partial charge in [-0.25, -0.2) is 0 Å². The molecule has 1 unspecified atom stereocenters. The van der Waals surface area contributed by atoms with Gasteiger partial charge < -0.3 is 10.2 Å². The summed E-state index contributed by atoms with van der Waals surface area (Å²) in [4.78, 5) is 2.26. The monoisotopic (exact) mass is 276 g/mol. The van der Waals surface area contributed by atoms with Crippen molar-refractivity contribution in [2.45, 2.75) is 25.8 Å². The van der Waals surface area contributed by atoms with Gasteiger partial charge in [-0.15, -0.1) is 11.3 Å². The van der Waals surface area contributed by atoms with E-state index in [0.29, 0.717) is 6.04 Å². The summed E-state index contributed by atoms with van der Waals surface area (Å²) < 4.78 is 1.44. The molecule has 0 radical (unpaired) electrons. The van der Waals surface area contributed by atoms with Crippen LogP contribution < -0.4 is 5.32 Å². The second-order valence-electron chi connectivity index (χ2n) is 5.28. The highest BCUT2D eigenvalue weighted by Crippen LogP contribution is 2.30. The van der Waals surface area contributed by atoms with Gasteiger partial charge in [0.1, 0.15) is 0 Å². The molecule has 0 saturated carbocycles. The highest BCUT2D eigenvalue weighted by atomic mass is 32.1. The van der Waals surface area contributed by atoms with E-state index in [1.54, 1.807) is 0 Å². The lowest BCUT2D eigenvalue weighted by Crippen LogP contribution is -2.26. The van der Waals surface area contributed by atoms with E-state index in [9.17, 15) is 0 Å². The maximum Gasteiger partial charge on any atom is 0.0390 e. The first-order valence-electron chi connectivity index (χ1n) is 7.06. The first-order chi connectivity index (χ1) is 9.22. The number of rotatable bonds is 7. The molecule has 1 atom stereocenters. The fraction of sp³-hybridized carbons (Fsp3) is 0.500. The third-order valence-corrected chi connectivity index (χ3v) is 4.37. The minimum atomic E-state index is 0.463. The van der Waals surface area contributed by atoms with Gasteiger partial charge in [-0.3, -0.25) is 0 Å². The van der Waals surface area contributed by atoms with Crippen LogP contribution in [0, 0.1) is 0 Å². The van der Waals surface area contributed by atoms with Gasteiger partial charge in [-0.05, 0) is 62.4 Å². The van der Waals surface area contributed by atoms with Crippen molar-refractivity contribution in [2.24, 2.45) is 0 Å². The molecule has 0 aliphatic carbocycles. The molecule has 1 aromatic carbocycles. The summed E-state index contributed by atoms with van der Waals surface area (Å²) in [6.45, 7) is 4.42. The van der Waals surface area contributed by atoms with Crippen LogP contribution in [0.15, 0.2) is 29.6 Å². The Morgan fingerprint density at radius 3 is 2.84 bits per heavy atom. The molecule has 0 aliphatic rings. The van der Waals surface area contributed by atoms with Crippen LogP contribution >= 0.6 is 11.3 Å². The van der Waals surface area contributed by atoms with Crippen LogP contribution in [0.5, 0.6) is 0 Å². The minimum Gasteiger partial charge on any atom is -0.310 e. The smallest absolute Gasteiger partial charge is 0.0390 e. The molecule has 19 heavy (non-hydrogen) atoms. The molecule has 104 valence electrons. The summed E-state index contributed by atoms with van der Waals surface area (Å²) in [6.07, 6.45) is 2.34. The lowest BCUT2D eigenvalue weighted by molar-refractivity contribution is 0.362. The molecule has 2 aromatic rings. The van der Waals surface area contributed by atoms with Gasteiger partial charge in [0.05, 0.1) is 0 Å². The van der Waals surface area contributed by atoms with Crippen molar-refractivity contribution in [3.63, 3.8) is 0 Å². The van der Waals surface area contributed by atoms with Crippen molar-refractivity contribution in [1.82, 2.24) is 10.2 Å². The summed E-state index contributed by atoms with van der Waals surface area (Å²) >= 11 is 1.86. The molecule has 2 rings (SSSR count). The molecule has 1 heterocycles. The van der Waals surface area contributed by atoms with Crippen LogP contribution in [0.3, 0.4) is 0 Å². The van der Waals surface area contributed by atoms with E-state index < -0.39 is 0 Å². The van der Waals surface area contributed by atoms with E-state index in [0.717, 1.165) is 19.5 Å². The highest BCUT2D eigenvalue weighted by molar-refractivity contribution is 7.17. The molecule has 0 aliphatic heterocycles. The second kappa shape index (κ2) is 7.04. The standard InChI is InChI=1S/C16H24N2S/c1-4-10-17-15(8-11-18(2)3)14-7-5-6-13-9-12-19-16(13)14/h5-7,9,12,15,17H,4,8,10-11H2,1-3H3. The van der Waals surface area contributed by atoms with Crippen LogP contribution in [-0.4, -0.2) is 32.1 Å². The highest BCUT2D eigenvalue weighted by Gasteiger charge is 2.14. The third-order valence-electron chi connectivity index (χ3n) is 3.39. The first-order valence-corrected chi connectivity index (χ1v) is 7.94. The van der Waals surface area contributed by atoms with E-state index in [1.807, 2.05) is 11.3 Å². The van der Waals surface area contributed by atoms with E-state index in [2.05, 4.69) is 60.9 Å². The number of thiophene rings is 1. The Bertz CT molecular complexity index is 504. The summed E-state index contributed by atoms with van der Waals surface area (Å²) in [5, 5.41) is 7.27. The molecule has 0 bridgehead atoms. The zero-order valence-electron chi connectivity index (χ0n) is 12.1. The van der Waals surface area contributed by atoms with Crippen molar-refractivity contribution < 1.29 is 0 Å². The van der Waals surface area contributed by atoms with Crippen molar-refractivity contribution in [1.29, 1.82) is 0 Å². The normalized spacial score (nSPS) is 13.3. The van der Waals surface area contributed by atoms with E-state index in [-0.39, 0.29) is 0 Å². The molecule has 0 amide bonds. The van der Waals surface area contributed by atoms with E-state index >= 15 is 0 Å². The average Bonchev–Trinajstić information content (AvgIpc) is 2.87. The van der Waals surface area contributed by atoms with Crippen LogP contribution in [0.25, 0.3) is 10.1 Å². The van der Waals surface area contributed by atoms with Gasteiger partial charge in [-0.2, -0.15) is 0 Å². The van der Waals surface area contributed by atoms with Crippen molar-refractivity contribution in [3.05, 3.63) is 35.2 Å². The zero-order chi connectivity index (χ0) is 13.7. The minimum absolute atomic E-state index is 0.463. The van der Waals surface area contributed by atoms with Crippen LogP contribution in [0.1, 0.15) is 31.4 Å². The largest absolute Gasteiger partial charge is 0.310 e. The molecule has 3 heteroatoms. The first kappa shape index (κ1) is 14.5.